The van der Waals surface area contributed by atoms with Crippen molar-refractivity contribution in [2.75, 3.05) is 6.61 Å². The highest BCUT2D eigenvalue weighted by Gasteiger charge is 2.49. The lowest BCUT2D eigenvalue weighted by Gasteiger charge is -2.22. The van der Waals surface area contributed by atoms with E-state index in [4.69, 9.17) is 18.9 Å². The summed E-state index contributed by atoms with van der Waals surface area (Å²) in [5.74, 6) is -1.54. The standard InChI is InChI=1S/C18H26N2O6S/c1-12-6-8-13(9-7-12)27(21,22)20-19-10-14-16(26-18(4,5)24-14)15-11-23-17(2,3)25-15/h6-10,14-16,20H,11H2,1-5H3/t14-,15+,16+/m0/s1. The van der Waals surface area contributed by atoms with E-state index < -0.39 is 33.8 Å². The molecule has 1 aromatic rings. The molecular weight excluding hydrogens is 372 g/mol. The Morgan fingerprint density at radius 3 is 2.33 bits per heavy atom. The summed E-state index contributed by atoms with van der Waals surface area (Å²) in [6.07, 6.45) is 0.00405. The van der Waals surface area contributed by atoms with Crippen molar-refractivity contribution in [3.63, 3.8) is 0 Å². The van der Waals surface area contributed by atoms with Crippen molar-refractivity contribution in [3.05, 3.63) is 29.8 Å². The van der Waals surface area contributed by atoms with Gasteiger partial charge in [-0.3, -0.25) is 0 Å². The van der Waals surface area contributed by atoms with Gasteiger partial charge < -0.3 is 18.9 Å². The van der Waals surface area contributed by atoms with Gasteiger partial charge in [0.2, 0.25) is 0 Å². The van der Waals surface area contributed by atoms with Crippen LogP contribution in [0.15, 0.2) is 34.3 Å². The highest BCUT2D eigenvalue weighted by atomic mass is 32.2. The molecule has 8 nitrogen and oxygen atoms in total. The molecular formula is C18H26N2O6S. The Labute approximate surface area is 159 Å². The highest BCUT2D eigenvalue weighted by Crippen LogP contribution is 2.34. The second kappa shape index (κ2) is 7.14. The Bertz CT molecular complexity index is 804. The van der Waals surface area contributed by atoms with E-state index in [2.05, 4.69) is 9.93 Å². The molecule has 150 valence electrons. The van der Waals surface area contributed by atoms with Crippen LogP contribution < -0.4 is 4.83 Å². The maximum atomic E-state index is 12.3. The van der Waals surface area contributed by atoms with Gasteiger partial charge in [-0.25, -0.2) is 4.83 Å². The zero-order valence-corrected chi connectivity index (χ0v) is 16.9. The largest absolute Gasteiger partial charge is 0.348 e. The molecule has 0 radical (unpaired) electrons. The van der Waals surface area contributed by atoms with Crippen molar-refractivity contribution in [1.29, 1.82) is 0 Å². The molecule has 0 spiro atoms. The van der Waals surface area contributed by atoms with E-state index >= 15 is 0 Å². The summed E-state index contributed by atoms with van der Waals surface area (Å²) >= 11 is 0. The van der Waals surface area contributed by atoms with Gasteiger partial charge in [0, 0.05) is 0 Å². The topological polar surface area (TPSA) is 95.5 Å². The van der Waals surface area contributed by atoms with Crippen LogP contribution in [0.5, 0.6) is 0 Å². The zero-order valence-electron chi connectivity index (χ0n) is 16.1. The SMILES string of the molecule is Cc1ccc(S(=O)(=O)NN=C[C@@H]2OC(C)(C)O[C@H]2[C@H]2COC(C)(C)O2)cc1. The number of ether oxygens (including phenoxy) is 4. The summed E-state index contributed by atoms with van der Waals surface area (Å²) in [5.41, 5.74) is 0.973. The average Bonchev–Trinajstić information content (AvgIpc) is 3.06. The number of hydrazone groups is 1. The first-order valence-electron chi connectivity index (χ1n) is 8.77. The molecule has 2 fully saturated rings. The van der Waals surface area contributed by atoms with Crippen molar-refractivity contribution >= 4 is 16.2 Å². The monoisotopic (exact) mass is 398 g/mol. The first-order chi connectivity index (χ1) is 12.5. The molecule has 2 aliphatic rings. The molecule has 2 heterocycles. The molecule has 27 heavy (non-hydrogen) atoms. The number of hydrogen-bond acceptors (Lipinski definition) is 7. The van der Waals surface area contributed by atoms with Crippen LogP contribution in [0.3, 0.4) is 0 Å². The minimum atomic E-state index is -3.75. The van der Waals surface area contributed by atoms with E-state index in [1.807, 2.05) is 20.8 Å². The Balaban J connectivity index is 1.69. The molecule has 1 aromatic carbocycles. The molecule has 0 aliphatic carbocycles. The predicted octanol–water partition coefficient (Wildman–Crippen LogP) is 1.93. The number of benzene rings is 1. The van der Waals surface area contributed by atoms with Gasteiger partial charge in [-0.1, -0.05) is 17.7 Å². The van der Waals surface area contributed by atoms with Gasteiger partial charge in [-0.2, -0.15) is 13.5 Å². The van der Waals surface area contributed by atoms with E-state index in [9.17, 15) is 8.42 Å². The zero-order chi connectivity index (χ0) is 19.9. The lowest BCUT2D eigenvalue weighted by Crippen LogP contribution is -2.39. The number of nitrogens with one attached hydrogen (secondary N) is 1. The third-order valence-electron chi connectivity index (χ3n) is 4.29. The molecule has 0 bridgehead atoms. The normalized spacial score (nSPS) is 30.0. The molecule has 2 aliphatic heterocycles. The van der Waals surface area contributed by atoms with Gasteiger partial charge in [0.15, 0.2) is 11.6 Å². The average molecular weight is 398 g/mol. The summed E-state index contributed by atoms with van der Waals surface area (Å²) in [6.45, 7) is 9.46. The molecule has 1 N–H and O–H groups in total. The van der Waals surface area contributed by atoms with Crippen LogP contribution in [-0.2, 0) is 29.0 Å². The van der Waals surface area contributed by atoms with Gasteiger partial charge in [0.05, 0.1) is 17.7 Å². The summed E-state index contributed by atoms with van der Waals surface area (Å²) in [5, 5.41) is 3.88. The van der Waals surface area contributed by atoms with Gasteiger partial charge in [0.1, 0.15) is 18.3 Å². The molecule has 3 rings (SSSR count). The molecule has 3 atom stereocenters. The van der Waals surface area contributed by atoms with Gasteiger partial charge >= 0.3 is 0 Å². The van der Waals surface area contributed by atoms with Crippen molar-refractivity contribution in [2.24, 2.45) is 5.10 Å². The lowest BCUT2D eigenvalue weighted by atomic mass is 10.1. The molecule has 9 heteroatoms. The minimum absolute atomic E-state index is 0.139. The van der Waals surface area contributed by atoms with Crippen LogP contribution >= 0.6 is 0 Å². The second-order valence-corrected chi connectivity index (χ2v) is 9.28. The van der Waals surface area contributed by atoms with E-state index in [1.165, 1.54) is 18.3 Å². The first-order valence-corrected chi connectivity index (χ1v) is 10.2. The number of rotatable bonds is 5. The van der Waals surface area contributed by atoms with Crippen LogP contribution in [-0.4, -0.2) is 51.1 Å². The van der Waals surface area contributed by atoms with E-state index in [0.29, 0.717) is 6.61 Å². The smallest absolute Gasteiger partial charge is 0.276 e. The molecule has 0 saturated carbocycles. The number of aryl methyl sites for hydroxylation is 1. The summed E-state index contributed by atoms with van der Waals surface area (Å²) in [4.78, 5) is 2.35. The highest BCUT2D eigenvalue weighted by molar-refractivity contribution is 7.89. The summed E-state index contributed by atoms with van der Waals surface area (Å²) < 4.78 is 47.9. The lowest BCUT2D eigenvalue weighted by molar-refractivity contribution is -0.174. The quantitative estimate of drug-likeness (QED) is 0.602. The van der Waals surface area contributed by atoms with Crippen molar-refractivity contribution in [1.82, 2.24) is 4.83 Å². The molecule has 0 amide bonds. The van der Waals surface area contributed by atoms with E-state index in [-0.39, 0.29) is 11.0 Å². The molecule has 0 unspecified atom stereocenters. The first kappa shape index (κ1) is 20.2. The Morgan fingerprint density at radius 1 is 1.07 bits per heavy atom. The maximum absolute atomic E-state index is 12.3. The predicted molar refractivity (Wildman–Crippen MR) is 98.7 cm³/mol. The van der Waals surface area contributed by atoms with E-state index in [1.54, 1.807) is 26.0 Å². The third kappa shape index (κ3) is 4.85. The molecule has 2 saturated heterocycles. The fourth-order valence-electron chi connectivity index (χ4n) is 3.04. The second-order valence-electron chi connectivity index (χ2n) is 7.62. The Kier molecular flexibility index (Phi) is 5.35. The van der Waals surface area contributed by atoms with Crippen molar-refractivity contribution < 1.29 is 27.4 Å². The number of hydrogen-bond donors (Lipinski definition) is 1. The number of sulfonamides is 1. The van der Waals surface area contributed by atoms with Gasteiger partial charge in [-0.15, -0.1) is 0 Å². The van der Waals surface area contributed by atoms with Gasteiger partial charge in [-0.05, 0) is 46.8 Å². The molecule has 0 aromatic heterocycles. The Morgan fingerprint density at radius 2 is 1.74 bits per heavy atom. The van der Waals surface area contributed by atoms with Crippen LogP contribution in [0, 0.1) is 6.92 Å². The summed E-state index contributed by atoms with van der Waals surface area (Å²) in [6, 6.07) is 6.51. The third-order valence-corrected chi connectivity index (χ3v) is 5.52. The fraction of sp³-hybridized carbons (Fsp3) is 0.611. The number of nitrogens with zero attached hydrogens (tertiary/aromatic N) is 1. The maximum Gasteiger partial charge on any atom is 0.276 e. The Hall–Kier alpha value is -1.52. The van der Waals surface area contributed by atoms with Crippen LogP contribution in [0.4, 0.5) is 0 Å². The van der Waals surface area contributed by atoms with E-state index in [0.717, 1.165) is 5.56 Å². The minimum Gasteiger partial charge on any atom is -0.348 e. The van der Waals surface area contributed by atoms with Gasteiger partial charge in [0.25, 0.3) is 10.0 Å². The van der Waals surface area contributed by atoms with Crippen LogP contribution in [0.2, 0.25) is 0 Å². The van der Waals surface area contributed by atoms with Crippen LogP contribution in [0.1, 0.15) is 33.3 Å². The van der Waals surface area contributed by atoms with Crippen LogP contribution in [0.25, 0.3) is 0 Å². The van der Waals surface area contributed by atoms with Crippen molar-refractivity contribution in [2.45, 2.75) is 69.4 Å². The summed E-state index contributed by atoms with van der Waals surface area (Å²) in [7, 11) is -3.75. The fourth-order valence-corrected chi connectivity index (χ4v) is 3.84. The van der Waals surface area contributed by atoms with Crippen molar-refractivity contribution in [3.8, 4) is 0 Å².